The van der Waals surface area contributed by atoms with Crippen molar-refractivity contribution < 1.29 is 9.53 Å². The van der Waals surface area contributed by atoms with Gasteiger partial charge in [0.2, 0.25) is 0 Å². The number of nitrogens with zero attached hydrogens (tertiary/aromatic N) is 1. The molecule has 1 aromatic heterocycles. The molecule has 0 saturated heterocycles. The van der Waals surface area contributed by atoms with Gasteiger partial charge < -0.3 is 20.7 Å². The van der Waals surface area contributed by atoms with Crippen LogP contribution in [0.15, 0.2) is 0 Å². The molecule has 0 radical (unpaired) electrons. The lowest BCUT2D eigenvalue weighted by atomic mass is 10.0. The van der Waals surface area contributed by atoms with Crippen molar-refractivity contribution in [3.8, 4) is 5.75 Å². The van der Waals surface area contributed by atoms with E-state index in [0.717, 1.165) is 24.4 Å². The summed E-state index contributed by atoms with van der Waals surface area (Å²) in [6.45, 7) is 5.05. The number of nitrogens with one attached hydrogen (secondary N) is 1. The minimum Gasteiger partial charge on any atom is -0.492 e. The second kappa shape index (κ2) is 5.85. The lowest BCUT2D eigenvalue weighted by molar-refractivity contribution is 0.0972. The van der Waals surface area contributed by atoms with Crippen LogP contribution in [0.25, 0.3) is 0 Å². The zero-order chi connectivity index (χ0) is 15.8. The molecule has 1 saturated carbocycles. The van der Waals surface area contributed by atoms with Crippen LogP contribution < -0.4 is 15.8 Å². The maximum Gasteiger partial charge on any atom is 0.178 e. The number of anilines is 2. The summed E-state index contributed by atoms with van der Waals surface area (Å²) in [5.74, 6) is 0.927. The van der Waals surface area contributed by atoms with E-state index >= 15 is 0 Å². The van der Waals surface area contributed by atoms with Gasteiger partial charge in [0.05, 0.1) is 17.7 Å². The minimum atomic E-state index is -0.00950. The van der Waals surface area contributed by atoms with Crippen molar-refractivity contribution in [1.82, 2.24) is 4.90 Å². The van der Waals surface area contributed by atoms with Crippen molar-refractivity contribution in [2.45, 2.75) is 32.2 Å². The molecule has 1 aliphatic carbocycles. The number of Topliss-reactive ketones (excluding diaryl/α,β-unsaturated/α-hetero) is 1. The molecule has 1 heterocycles. The minimum absolute atomic E-state index is 0.00950. The van der Waals surface area contributed by atoms with Gasteiger partial charge in [-0.1, -0.05) is 0 Å². The lowest BCUT2D eigenvalue weighted by Gasteiger charge is -2.32. The Morgan fingerprint density at radius 1 is 1.48 bits per heavy atom. The van der Waals surface area contributed by atoms with Crippen molar-refractivity contribution in [2.24, 2.45) is 5.92 Å². The number of nitrogen functional groups attached to an aromatic ring is 1. The number of nitrogens with two attached hydrogens (primary N) is 1. The Morgan fingerprint density at radius 3 is 2.57 bits per heavy atom. The predicted molar refractivity (Wildman–Crippen MR) is 88.6 cm³/mol. The fourth-order valence-electron chi connectivity index (χ4n) is 1.92. The highest BCUT2D eigenvalue weighted by Crippen LogP contribution is 2.46. The molecule has 0 aromatic carbocycles. The van der Waals surface area contributed by atoms with Gasteiger partial charge in [0.15, 0.2) is 11.5 Å². The molecule has 1 fully saturated rings. The van der Waals surface area contributed by atoms with Crippen LogP contribution in [0.3, 0.4) is 0 Å². The first-order chi connectivity index (χ1) is 9.77. The molecule has 21 heavy (non-hydrogen) atoms. The van der Waals surface area contributed by atoms with E-state index in [0.29, 0.717) is 16.3 Å². The monoisotopic (exact) mass is 311 g/mol. The molecule has 0 aliphatic heterocycles. The zero-order valence-corrected chi connectivity index (χ0v) is 14.3. The Kier molecular flexibility index (Phi) is 4.49. The van der Waals surface area contributed by atoms with E-state index in [1.54, 1.807) is 7.11 Å². The van der Waals surface area contributed by atoms with Crippen LogP contribution >= 0.6 is 11.3 Å². The van der Waals surface area contributed by atoms with Crippen LogP contribution in [0.1, 0.15) is 36.4 Å². The molecular weight excluding hydrogens is 286 g/mol. The Hall–Kier alpha value is -1.27. The molecule has 1 aliphatic rings. The first-order valence-electron chi connectivity index (χ1n) is 7.19. The number of methoxy groups -OCH3 is 1. The fraction of sp³-hybridized carbons (Fsp3) is 0.667. The predicted octanol–water partition coefficient (Wildman–Crippen LogP) is 2.68. The Bertz CT molecular complexity index is 533. The van der Waals surface area contributed by atoms with Gasteiger partial charge in [0.1, 0.15) is 5.00 Å². The third kappa shape index (κ3) is 3.32. The molecule has 5 nitrogen and oxygen atoms in total. The van der Waals surface area contributed by atoms with Gasteiger partial charge in [0, 0.05) is 18.0 Å². The maximum absolute atomic E-state index is 12.3. The van der Waals surface area contributed by atoms with E-state index in [4.69, 9.17) is 10.5 Å². The maximum atomic E-state index is 12.3. The highest BCUT2D eigenvalue weighted by molar-refractivity contribution is 7.19. The molecule has 0 unspecified atom stereocenters. The molecule has 0 amide bonds. The largest absolute Gasteiger partial charge is 0.492 e. The lowest BCUT2D eigenvalue weighted by Crippen LogP contribution is -2.44. The number of carbonyl (C=O) groups is 1. The highest BCUT2D eigenvalue weighted by atomic mass is 32.1. The Balaban J connectivity index is 2.19. The molecule has 0 atom stereocenters. The molecule has 0 spiro atoms. The van der Waals surface area contributed by atoms with E-state index in [9.17, 15) is 4.79 Å². The average Bonchev–Trinajstić information content (AvgIpc) is 3.20. The number of rotatable bonds is 7. The van der Waals surface area contributed by atoms with Crippen LogP contribution in [0.4, 0.5) is 10.7 Å². The van der Waals surface area contributed by atoms with Gasteiger partial charge in [-0.2, -0.15) is 0 Å². The number of hydrogen-bond acceptors (Lipinski definition) is 6. The van der Waals surface area contributed by atoms with E-state index in [1.807, 2.05) is 14.1 Å². The van der Waals surface area contributed by atoms with Crippen LogP contribution in [0.2, 0.25) is 0 Å². The van der Waals surface area contributed by atoms with Crippen LogP contribution in [0.5, 0.6) is 5.75 Å². The Morgan fingerprint density at radius 2 is 2.10 bits per heavy atom. The van der Waals surface area contributed by atoms with Gasteiger partial charge in [0.25, 0.3) is 0 Å². The second-order valence-corrected chi connectivity index (χ2v) is 7.43. The molecule has 3 N–H and O–H groups in total. The fourth-order valence-corrected chi connectivity index (χ4v) is 3.02. The van der Waals surface area contributed by atoms with Crippen LogP contribution in [-0.2, 0) is 0 Å². The highest BCUT2D eigenvalue weighted by Gasteiger charge is 2.34. The number of carbonyl (C=O) groups excluding carboxylic acids is 1. The van der Waals surface area contributed by atoms with E-state index in [1.165, 1.54) is 11.3 Å². The normalized spacial score (nSPS) is 15.3. The number of thiophene rings is 1. The van der Waals surface area contributed by atoms with Crippen LogP contribution in [-0.4, -0.2) is 44.0 Å². The molecule has 1 aromatic rings. The summed E-state index contributed by atoms with van der Waals surface area (Å²) in [7, 11) is 5.68. The summed E-state index contributed by atoms with van der Waals surface area (Å²) in [4.78, 5) is 15.0. The van der Waals surface area contributed by atoms with E-state index in [2.05, 4.69) is 24.1 Å². The second-order valence-electron chi connectivity index (χ2n) is 6.41. The number of hydrogen-bond donors (Lipinski definition) is 2. The van der Waals surface area contributed by atoms with Gasteiger partial charge in [-0.05, 0) is 40.8 Å². The third-order valence-corrected chi connectivity index (χ3v) is 5.33. The van der Waals surface area contributed by atoms with Crippen molar-refractivity contribution in [1.29, 1.82) is 0 Å². The first-order valence-corrected chi connectivity index (χ1v) is 8.01. The van der Waals surface area contributed by atoms with Crippen molar-refractivity contribution in [2.75, 3.05) is 38.8 Å². The average molecular weight is 311 g/mol. The van der Waals surface area contributed by atoms with Gasteiger partial charge in [-0.3, -0.25) is 4.79 Å². The smallest absolute Gasteiger partial charge is 0.178 e. The summed E-state index contributed by atoms with van der Waals surface area (Å²) in [6, 6.07) is 0. The summed E-state index contributed by atoms with van der Waals surface area (Å²) < 4.78 is 5.39. The SMILES string of the molecule is COc1c(NCC(C)(C)N(C)C)sc(C(=O)C2CC2)c1N. The van der Waals surface area contributed by atoms with Gasteiger partial charge in [-0.15, -0.1) is 11.3 Å². The van der Waals surface area contributed by atoms with Crippen LogP contribution in [0, 0.1) is 5.92 Å². The van der Waals surface area contributed by atoms with E-state index in [-0.39, 0.29) is 17.2 Å². The number of ether oxygens (including phenoxy) is 1. The molecule has 6 heteroatoms. The van der Waals surface area contributed by atoms with Crippen molar-refractivity contribution in [3.63, 3.8) is 0 Å². The summed E-state index contributed by atoms with van der Waals surface area (Å²) in [5.41, 5.74) is 6.56. The summed E-state index contributed by atoms with van der Waals surface area (Å²) in [5, 5.41) is 4.22. The summed E-state index contributed by atoms with van der Waals surface area (Å²) >= 11 is 1.41. The molecule has 0 bridgehead atoms. The summed E-state index contributed by atoms with van der Waals surface area (Å²) in [6.07, 6.45) is 1.96. The van der Waals surface area contributed by atoms with Crippen molar-refractivity contribution >= 4 is 27.8 Å². The van der Waals surface area contributed by atoms with Gasteiger partial charge >= 0.3 is 0 Å². The first kappa shape index (κ1) is 16.1. The van der Waals surface area contributed by atoms with Crippen molar-refractivity contribution in [3.05, 3.63) is 4.88 Å². The third-order valence-electron chi connectivity index (χ3n) is 4.17. The topological polar surface area (TPSA) is 67.6 Å². The zero-order valence-electron chi connectivity index (χ0n) is 13.4. The number of likely N-dealkylation sites (N-methyl/N-ethyl adjacent to an activating group) is 1. The number of ketones is 1. The molecule has 118 valence electrons. The molecule has 2 rings (SSSR count). The quantitative estimate of drug-likeness (QED) is 0.758. The Labute approximate surface area is 130 Å². The molecular formula is C15H25N3O2S. The standard InChI is InChI=1S/C15H25N3O2S/c1-15(2,18(3)4)8-17-14-12(20-5)10(16)13(21-14)11(19)9-6-7-9/h9,17H,6-8,16H2,1-5H3. The van der Waals surface area contributed by atoms with Gasteiger partial charge in [-0.25, -0.2) is 0 Å². The van der Waals surface area contributed by atoms with E-state index < -0.39 is 0 Å².